The van der Waals surface area contributed by atoms with Crippen LogP contribution in [-0.4, -0.2) is 23.6 Å². The summed E-state index contributed by atoms with van der Waals surface area (Å²) < 4.78 is 5.91. The molecule has 0 aliphatic carbocycles. The minimum absolute atomic E-state index is 0.120. The van der Waals surface area contributed by atoms with E-state index in [0.717, 1.165) is 5.56 Å². The highest BCUT2D eigenvalue weighted by Crippen LogP contribution is 2.26. The van der Waals surface area contributed by atoms with Crippen molar-refractivity contribution < 1.29 is 19.4 Å². The van der Waals surface area contributed by atoms with Crippen LogP contribution in [0.25, 0.3) is 0 Å². The number of hydrogen-bond acceptors (Lipinski definition) is 3. The van der Waals surface area contributed by atoms with E-state index in [-0.39, 0.29) is 24.1 Å². The van der Waals surface area contributed by atoms with Crippen molar-refractivity contribution in [3.05, 3.63) is 64.1 Å². The van der Waals surface area contributed by atoms with Crippen molar-refractivity contribution in [1.82, 2.24) is 5.32 Å². The van der Waals surface area contributed by atoms with Crippen LogP contribution >= 0.6 is 15.9 Å². The second kappa shape index (κ2) is 7.78. The predicted octanol–water partition coefficient (Wildman–Crippen LogP) is 3.40. The molecule has 0 aliphatic heterocycles. The van der Waals surface area contributed by atoms with Gasteiger partial charge in [-0.3, -0.25) is 4.79 Å². The molecule has 2 aromatic carbocycles. The number of carbonyl (C=O) groups is 2. The van der Waals surface area contributed by atoms with Gasteiger partial charge in [-0.1, -0.05) is 30.3 Å². The first kappa shape index (κ1) is 17.0. The van der Waals surface area contributed by atoms with Gasteiger partial charge in [0.1, 0.15) is 5.75 Å². The summed E-state index contributed by atoms with van der Waals surface area (Å²) in [6.45, 7) is 1.74. The predicted molar refractivity (Wildman–Crippen MR) is 89.6 cm³/mol. The number of carbonyl (C=O) groups excluding carboxylic acids is 1. The molecule has 1 atom stereocenters. The zero-order valence-electron chi connectivity index (χ0n) is 12.5. The molecule has 0 saturated heterocycles. The summed E-state index contributed by atoms with van der Waals surface area (Å²) in [7, 11) is 0. The van der Waals surface area contributed by atoms with E-state index in [1.54, 1.807) is 0 Å². The third kappa shape index (κ3) is 4.82. The molecule has 0 aliphatic rings. The molecule has 0 heterocycles. The SMILES string of the molecule is CC(NC(=O)COc1ccc(C(=O)O)cc1Br)c1ccccc1. The smallest absolute Gasteiger partial charge is 0.335 e. The number of benzene rings is 2. The Bertz CT molecular complexity index is 703. The van der Waals surface area contributed by atoms with Crippen LogP contribution in [-0.2, 0) is 4.79 Å². The summed E-state index contributed by atoms with van der Waals surface area (Å²) in [6.07, 6.45) is 0. The van der Waals surface area contributed by atoms with Gasteiger partial charge in [0, 0.05) is 0 Å². The lowest BCUT2D eigenvalue weighted by Crippen LogP contribution is -2.31. The van der Waals surface area contributed by atoms with E-state index in [0.29, 0.717) is 10.2 Å². The number of ether oxygens (including phenoxy) is 1. The van der Waals surface area contributed by atoms with Gasteiger partial charge in [-0.2, -0.15) is 0 Å². The first-order chi connectivity index (χ1) is 11.0. The minimum atomic E-state index is -1.02. The molecule has 23 heavy (non-hydrogen) atoms. The van der Waals surface area contributed by atoms with Crippen LogP contribution in [0.2, 0.25) is 0 Å². The summed E-state index contributed by atoms with van der Waals surface area (Å²) in [5.41, 5.74) is 1.15. The van der Waals surface area contributed by atoms with Crippen LogP contribution in [0.5, 0.6) is 5.75 Å². The van der Waals surface area contributed by atoms with Gasteiger partial charge in [0.15, 0.2) is 6.61 Å². The van der Waals surface area contributed by atoms with E-state index in [2.05, 4.69) is 21.2 Å². The van der Waals surface area contributed by atoms with E-state index in [4.69, 9.17) is 9.84 Å². The maximum Gasteiger partial charge on any atom is 0.335 e. The van der Waals surface area contributed by atoms with E-state index < -0.39 is 5.97 Å². The molecule has 6 heteroatoms. The Kier molecular flexibility index (Phi) is 5.76. The molecule has 2 N–H and O–H groups in total. The van der Waals surface area contributed by atoms with Crippen molar-refractivity contribution in [1.29, 1.82) is 0 Å². The first-order valence-corrected chi connectivity index (χ1v) is 7.76. The quantitative estimate of drug-likeness (QED) is 0.808. The van der Waals surface area contributed by atoms with Crippen LogP contribution in [0, 0.1) is 0 Å². The molecule has 0 spiro atoms. The fraction of sp³-hybridized carbons (Fsp3) is 0.176. The van der Waals surface area contributed by atoms with Gasteiger partial charge >= 0.3 is 5.97 Å². The molecule has 2 aromatic rings. The second-order valence-corrected chi connectivity index (χ2v) is 5.79. The summed E-state index contributed by atoms with van der Waals surface area (Å²) in [5, 5.41) is 11.7. The number of amides is 1. The Morgan fingerprint density at radius 3 is 2.52 bits per heavy atom. The molecule has 0 radical (unpaired) electrons. The fourth-order valence-electron chi connectivity index (χ4n) is 2.00. The lowest BCUT2D eigenvalue weighted by Gasteiger charge is -2.15. The number of nitrogens with one attached hydrogen (secondary N) is 1. The normalized spacial score (nSPS) is 11.6. The number of carboxylic acids is 1. The monoisotopic (exact) mass is 377 g/mol. The average Bonchev–Trinajstić information content (AvgIpc) is 2.54. The molecular formula is C17H16BrNO4. The van der Waals surface area contributed by atoms with Crippen LogP contribution in [0.15, 0.2) is 53.0 Å². The third-order valence-electron chi connectivity index (χ3n) is 3.21. The zero-order valence-corrected chi connectivity index (χ0v) is 14.0. The topological polar surface area (TPSA) is 75.6 Å². The second-order valence-electron chi connectivity index (χ2n) is 4.94. The lowest BCUT2D eigenvalue weighted by atomic mass is 10.1. The zero-order chi connectivity index (χ0) is 16.8. The van der Waals surface area contributed by atoms with E-state index in [1.807, 2.05) is 37.3 Å². The van der Waals surface area contributed by atoms with Crippen molar-refractivity contribution in [3.63, 3.8) is 0 Å². The highest BCUT2D eigenvalue weighted by molar-refractivity contribution is 9.10. The van der Waals surface area contributed by atoms with Crippen LogP contribution in [0.1, 0.15) is 28.9 Å². The van der Waals surface area contributed by atoms with E-state index in [9.17, 15) is 9.59 Å². The number of hydrogen-bond donors (Lipinski definition) is 2. The van der Waals surface area contributed by atoms with Crippen molar-refractivity contribution >= 4 is 27.8 Å². The average molecular weight is 378 g/mol. The highest BCUT2D eigenvalue weighted by atomic mass is 79.9. The maximum atomic E-state index is 11.9. The minimum Gasteiger partial charge on any atom is -0.483 e. The number of carboxylic acid groups (broad SMARTS) is 1. The van der Waals surface area contributed by atoms with Crippen molar-refractivity contribution in [2.45, 2.75) is 13.0 Å². The standard InChI is InChI=1S/C17H16BrNO4/c1-11(12-5-3-2-4-6-12)19-16(20)10-23-15-8-7-13(17(21)22)9-14(15)18/h2-9,11H,10H2,1H3,(H,19,20)(H,21,22). The molecule has 120 valence electrons. The van der Waals surface area contributed by atoms with Gasteiger partial charge in [0.25, 0.3) is 5.91 Å². The molecule has 0 bridgehead atoms. The molecule has 2 rings (SSSR count). The summed E-state index contributed by atoms with van der Waals surface area (Å²) in [5.74, 6) is -0.861. The Balaban J connectivity index is 1.91. The van der Waals surface area contributed by atoms with Gasteiger partial charge in [-0.25, -0.2) is 4.79 Å². The largest absolute Gasteiger partial charge is 0.483 e. The Hall–Kier alpha value is -2.34. The molecule has 0 fully saturated rings. The van der Waals surface area contributed by atoms with Crippen LogP contribution in [0.4, 0.5) is 0 Å². The van der Waals surface area contributed by atoms with Crippen molar-refractivity contribution in [2.24, 2.45) is 0 Å². The van der Waals surface area contributed by atoms with Crippen LogP contribution < -0.4 is 10.1 Å². The van der Waals surface area contributed by atoms with Gasteiger partial charge in [-0.05, 0) is 46.6 Å². The number of halogens is 1. The summed E-state index contributed by atoms with van der Waals surface area (Å²) in [4.78, 5) is 22.8. The van der Waals surface area contributed by atoms with Gasteiger partial charge in [-0.15, -0.1) is 0 Å². The van der Waals surface area contributed by atoms with E-state index >= 15 is 0 Å². The summed E-state index contributed by atoms with van der Waals surface area (Å²) in [6, 6.07) is 13.9. The highest BCUT2D eigenvalue weighted by Gasteiger charge is 2.12. The summed E-state index contributed by atoms with van der Waals surface area (Å²) >= 11 is 3.23. The Morgan fingerprint density at radius 1 is 1.22 bits per heavy atom. The first-order valence-electron chi connectivity index (χ1n) is 6.97. The van der Waals surface area contributed by atoms with Gasteiger partial charge < -0.3 is 15.2 Å². The van der Waals surface area contributed by atoms with Crippen LogP contribution in [0.3, 0.4) is 0 Å². The van der Waals surface area contributed by atoms with Crippen molar-refractivity contribution in [2.75, 3.05) is 6.61 Å². The number of aromatic carboxylic acids is 1. The van der Waals surface area contributed by atoms with Crippen molar-refractivity contribution in [3.8, 4) is 5.75 Å². The molecule has 0 aromatic heterocycles. The molecule has 0 saturated carbocycles. The third-order valence-corrected chi connectivity index (χ3v) is 3.83. The Labute approximate surface area is 142 Å². The lowest BCUT2D eigenvalue weighted by molar-refractivity contribution is -0.123. The van der Waals surface area contributed by atoms with E-state index in [1.165, 1.54) is 18.2 Å². The Morgan fingerprint density at radius 2 is 1.91 bits per heavy atom. The molecular weight excluding hydrogens is 362 g/mol. The number of rotatable bonds is 6. The molecule has 1 amide bonds. The van der Waals surface area contributed by atoms with Gasteiger partial charge in [0.2, 0.25) is 0 Å². The molecule has 5 nitrogen and oxygen atoms in total. The van der Waals surface area contributed by atoms with Gasteiger partial charge in [0.05, 0.1) is 16.1 Å². The fourth-order valence-corrected chi connectivity index (χ4v) is 2.50. The molecule has 1 unspecified atom stereocenters. The maximum absolute atomic E-state index is 11.9.